The van der Waals surface area contributed by atoms with Crippen LogP contribution in [0.15, 0.2) is 4.52 Å². The minimum atomic E-state index is -0.166. The molecule has 80 valence electrons. The fourth-order valence-corrected chi connectivity index (χ4v) is 1.04. The van der Waals surface area contributed by atoms with Gasteiger partial charge in [0, 0.05) is 14.1 Å². The van der Waals surface area contributed by atoms with E-state index in [2.05, 4.69) is 24.0 Å². The van der Waals surface area contributed by atoms with Crippen LogP contribution in [-0.4, -0.2) is 24.2 Å². The van der Waals surface area contributed by atoms with Crippen LogP contribution in [0.5, 0.6) is 0 Å². The predicted molar refractivity (Wildman–Crippen MR) is 55.0 cm³/mol. The van der Waals surface area contributed by atoms with E-state index in [-0.39, 0.29) is 6.04 Å². The summed E-state index contributed by atoms with van der Waals surface area (Å²) in [6.45, 7) is 4.16. The zero-order chi connectivity index (χ0) is 10.7. The van der Waals surface area contributed by atoms with Crippen molar-refractivity contribution in [3.05, 3.63) is 5.89 Å². The lowest BCUT2D eigenvalue weighted by Gasteiger charge is -2.13. The molecule has 0 saturated carbocycles. The minimum Gasteiger partial charge on any atom is -0.344 e. The molecule has 1 heterocycles. The summed E-state index contributed by atoms with van der Waals surface area (Å²) < 4.78 is 5.08. The Hall–Kier alpha value is -1.10. The maximum atomic E-state index is 5.95. The number of rotatable bonds is 4. The van der Waals surface area contributed by atoms with E-state index < -0.39 is 0 Å². The molecule has 0 spiro atoms. The molecule has 1 rings (SSSR count). The van der Waals surface area contributed by atoms with Crippen LogP contribution in [0.3, 0.4) is 0 Å². The number of aromatic nitrogens is 2. The van der Waals surface area contributed by atoms with Crippen molar-refractivity contribution in [2.45, 2.75) is 26.3 Å². The molecule has 0 aromatic carbocycles. The highest BCUT2D eigenvalue weighted by Gasteiger charge is 2.20. The minimum absolute atomic E-state index is 0.166. The Kier molecular flexibility index (Phi) is 3.46. The Morgan fingerprint density at radius 3 is 2.57 bits per heavy atom. The Labute approximate surface area is 84.3 Å². The third kappa shape index (κ3) is 2.23. The summed E-state index contributed by atoms with van der Waals surface area (Å²) in [7, 11) is 3.73. The molecule has 0 fully saturated rings. The van der Waals surface area contributed by atoms with Gasteiger partial charge in [0.15, 0.2) is 0 Å². The zero-order valence-electron chi connectivity index (χ0n) is 9.19. The van der Waals surface area contributed by atoms with Gasteiger partial charge in [-0.15, -0.1) is 0 Å². The van der Waals surface area contributed by atoms with E-state index in [0.717, 1.165) is 6.42 Å². The smallest absolute Gasteiger partial charge is 0.265 e. The maximum absolute atomic E-state index is 5.95. The van der Waals surface area contributed by atoms with Crippen molar-refractivity contribution in [1.29, 1.82) is 0 Å². The van der Waals surface area contributed by atoms with Crippen molar-refractivity contribution >= 4 is 5.95 Å². The van der Waals surface area contributed by atoms with Crippen molar-refractivity contribution in [2.75, 3.05) is 19.0 Å². The van der Waals surface area contributed by atoms with Crippen LogP contribution in [-0.2, 0) is 0 Å². The van der Waals surface area contributed by atoms with Gasteiger partial charge in [0.05, 0.1) is 6.04 Å². The Bertz CT molecular complexity index is 284. The summed E-state index contributed by atoms with van der Waals surface area (Å²) in [5, 5.41) is 3.81. The standard InChI is InChI=1S/C9H18N4O/c1-5-6(2)7(10)8-11-9(12-14-8)13(3)4/h6-7H,5,10H2,1-4H3. The Morgan fingerprint density at radius 2 is 2.14 bits per heavy atom. The third-order valence-electron chi connectivity index (χ3n) is 2.37. The highest BCUT2D eigenvalue weighted by atomic mass is 16.5. The normalized spacial score (nSPS) is 15.2. The largest absolute Gasteiger partial charge is 0.344 e. The second-order valence-corrected chi connectivity index (χ2v) is 3.74. The van der Waals surface area contributed by atoms with E-state index in [1.54, 1.807) is 4.90 Å². The molecule has 0 aliphatic heterocycles. The van der Waals surface area contributed by atoms with Crippen LogP contribution in [0, 0.1) is 5.92 Å². The van der Waals surface area contributed by atoms with E-state index >= 15 is 0 Å². The third-order valence-corrected chi connectivity index (χ3v) is 2.37. The molecule has 0 saturated heterocycles. The number of hydrogen-bond donors (Lipinski definition) is 1. The molecule has 0 amide bonds. The summed E-state index contributed by atoms with van der Waals surface area (Å²) in [5.41, 5.74) is 5.95. The molecule has 1 aromatic rings. The molecule has 2 atom stereocenters. The molecule has 0 bridgehead atoms. The van der Waals surface area contributed by atoms with Crippen molar-refractivity contribution < 1.29 is 4.52 Å². The highest BCUT2D eigenvalue weighted by molar-refractivity contribution is 5.24. The van der Waals surface area contributed by atoms with Crippen LogP contribution in [0.4, 0.5) is 5.95 Å². The Balaban J connectivity index is 2.76. The molecule has 1 aromatic heterocycles. The molecule has 5 heteroatoms. The Morgan fingerprint density at radius 1 is 1.50 bits per heavy atom. The average molecular weight is 198 g/mol. The van der Waals surface area contributed by atoms with Crippen LogP contribution >= 0.6 is 0 Å². The summed E-state index contributed by atoms with van der Waals surface area (Å²) >= 11 is 0. The number of hydrogen-bond acceptors (Lipinski definition) is 5. The summed E-state index contributed by atoms with van der Waals surface area (Å²) in [4.78, 5) is 5.99. The first-order valence-electron chi connectivity index (χ1n) is 4.82. The lowest BCUT2D eigenvalue weighted by molar-refractivity contribution is 0.312. The second-order valence-electron chi connectivity index (χ2n) is 3.74. The second kappa shape index (κ2) is 4.41. The monoisotopic (exact) mass is 198 g/mol. The zero-order valence-corrected chi connectivity index (χ0v) is 9.19. The van der Waals surface area contributed by atoms with Gasteiger partial charge in [-0.25, -0.2) is 0 Å². The van der Waals surface area contributed by atoms with Crippen LogP contribution in [0.2, 0.25) is 0 Å². The summed E-state index contributed by atoms with van der Waals surface area (Å²) in [6, 6.07) is -0.166. The SMILES string of the molecule is CCC(C)C(N)c1nc(N(C)C)no1. The number of anilines is 1. The first kappa shape index (κ1) is 11.0. The van der Waals surface area contributed by atoms with E-state index in [4.69, 9.17) is 10.3 Å². The van der Waals surface area contributed by atoms with Gasteiger partial charge in [0.1, 0.15) is 0 Å². The summed E-state index contributed by atoms with van der Waals surface area (Å²) in [6.07, 6.45) is 1.00. The molecule has 2 N–H and O–H groups in total. The van der Waals surface area contributed by atoms with E-state index in [1.807, 2.05) is 14.1 Å². The van der Waals surface area contributed by atoms with Crippen molar-refractivity contribution in [1.82, 2.24) is 10.1 Å². The van der Waals surface area contributed by atoms with E-state index in [0.29, 0.717) is 17.8 Å². The van der Waals surface area contributed by atoms with Gasteiger partial charge in [0.25, 0.3) is 5.95 Å². The first-order chi connectivity index (χ1) is 6.56. The lowest BCUT2D eigenvalue weighted by Crippen LogP contribution is -2.19. The topological polar surface area (TPSA) is 68.2 Å². The predicted octanol–water partition coefficient (Wildman–Crippen LogP) is 1.18. The number of nitrogens with zero attached hydrogens (tertiary/aromatic N) is 3. The van der Waals surface area contributed by atoms with E-state index in [1.165, 1.54) is 0 Å². The van der Waals surface area contributed by atoms with E-state index in [9.17, 15) is 0 Å². The fourth-order valence-electron chi connectivity index (χ4n) is 1.04. The van der Waals surface area contributed by atoms with Gasteiger partial charge in [-0.3, -0.25) is 0 Å². The van der Waals surface area contributed by atoms with Crippen LogP contribution in [0.25, 0.3) is 0 Å². The molecular formula is C9H18N4O. The van der Waals surface area contributed by atoms with Crippen LogP contribution < -0.4 is 10.6 Å². The van der Waals surface area contributed by atoms with Gasteiger partial charge in [-0.1, -0.05) is 20.3 Å². The van der Waals surface area contributed by atoms with Gasteiger partial charge < -0.3 is 15.2 Å². The molecule has 14 heavy (non-hydrogen) atoms. The quantitative estimate of drug-likeness (QED) is 0.786. The van der Waals surface area contributed by atoms with Crippen molar-refractivity contribution in [2.24, 2.45) is 11.7 Å². The van der Waals surface area contributed by atoms with Gasteiger partial charge in [-0.2, -0.15) is 4.98 Å². The van der Waals surface area contributed by atoms with Crippen molar-refractivity contribution in [3.63, 3.8) is 0 Å². The van der Waals surface area contributed by atoms with Crippen molar-refractivity contribution in [3.8, 4) is 0 Å². The maximum Gasteiger partial charge on any atom is 0.265 e. The lowest BCUT2D eigenvalue weighted by atomic mass is 10.0. The average Bonchev–Trinajstić information content (AvgIpc) is 2.64. The molecule has 0 aliphatic rings. The molecule has 0 aliphatic carbocycles. The summed E-state index contributed by atoms with van der Waals surface area (Å²) in [5.74, 6) is 1.44. The van der Waals surface area contributed by atoms with Crippen LogP contribution in [0.1, 0.15) is 32.2 Å². The van der Waals surface area contributed by atoms with Gasteiger partial charge >= 0.3 is 0 Å². The first-order valence-corrected chi connectivity index (χ1v) is 4.82. The van der Waals surface area contributed by atoms with Gasteiger partial charge in [0.2, 0.25) is 5.89 Å². The fraction of sp³-hybridized carbons (Fsp3) is 0.778. The van der Waals surface area contributed by atoms with Gasteiger partial charge in [-0.05, 0) is 11.1 Å². The number of nitrogens with two attached hydrogens (primary N) is 1. The molecule has 5 nitrogen and oxygen atoms in total. The molecule has 2 unspecified atom stereocenters. The highest BCUT2D eigenvalue weighted by Crippen LogP contribution is 2.21. The molecule has 0 radical (unpaired) electrons. The molecular weight excluding hydrogens is 180 g/mol.